The fourth-order valence-electron chi connectivity index (χ4n) is 2.89. The van der Waals surface area contributed by atoms with E-state index in [1.807, 2.05) is 0 Å². The summed E-state index contributed by atoms with van der Waals surface area (Å²) < 4.78 is 0. The summed E-state index contributed by atoms with van der Waals surface area (Å²) >= 11 is 0. The summed E-state index contributed by atoms with van der Waals surface area (Å²) in [6.07, 6.45) is 0.955. The van der Waals surface area contributed by atoms with Gasteiger partial charge in [-0.05, 0) is 39.1 Å². The molecule has 4 nitrogen and oxygen atoms in total. The zero-order valence-electron chi connectivity index (χ0n) is 13.8. The van der Waals surface area contributed by atoms with Crippen molar-refractivity contribution >= 4 is 5.69 Å². The molecule has 0 radical (unpaired) electrons. The van der Waals surface area contributed by atoms with Crippen LogP contribution in [0.5, 0.6) is 0 Å². The van der Waals surface area contributed by atoms with Crippen molar-refractivity contribution in [2.75, 3.05) is 58.3 Å². The SMILES string of the molecule is CC(N)Cc1ccccc1N1CCN(CCN(C)C)CC1. The highest BCUT2D eigenvalue weighted by Crippen LogP contribution is 2.22. The Kier molecular flexibility index (Phi) is 6.03. The van der Waals surface area contributed by atoms with Gasteiger partial charge < -0.3 is 15.5 Å². The van der Waals surface area contributed by atoms with E-state index in [0.29, 0.717) is 0 Å². The van der Waals surface area contributed by atoms with Crippen molar-refractivity contribution in [3.63, 3.8) is 0 Å². The third-order valence-corrected chi connectivity index (χ3v) is 4.11. The van der Waals surface area contributed by atoms with E-state index in [4.69, 9.17) is 5.73 Å². The molecule has 1 aliphatic heterocycles. The van der Waals surface area contributed by atoms with Crippen molar-refractivity contribution in [3.05, 3.63) is 29.8 Å². The molecule has 0 amide bonds. The summed E-state index contributed by atoms with van der Waals surface area (Å²) in [7, 11) is 4.28. The fourth-order valence-corrected chi connectivity index (χ4v) is 2.89. The number of hydrogen-bond acceptors (Lipinski definition) is 4. The molecule has 0 spiro atoms. The molecule has 0 saturated carbocycles. The highest BCUT2D eigenvalue weighted by Gasteiger charge is 2.19. The number of hydrogen-bond donors (Lipinski definition) is 1. The first-order chi connectivity index (χ1) is 10.1. The van der Waals surface area contributed by atoms with Crippen molar-refractivity contribution in [2.45, 2.75) is 19.4 Å². The molecule has 118 valence electrons. The Labute approximate surface area is 129 Å². The van der Waals surface area contributed by atoms with Gasteiger partial charge in [0.1, 0.15) is 0 Å². The quantitative estimate of drug-likeness (QED) is 0.856. The number of anilines is 1. The lowest BCUT2D eigenvalue weighted by molar-refractivity contribution is 0.229. The Bertz CT molecular complexity index is 423. The van der Waals surface area contributed by atoms with Gasteiger partial charge in [-0.3, -0.25) is 4.90 Å². The topological polar surface area (TPSA) is 35.7 Å². The van der Waals surface area contributed by atoms with Crippen LogP contribution >= 0.6 is 0 Å². The molecule has 0 bridgehead atoms. The minimum Gasteiger partial charge on any atom is -0.369 e. The predicted molar refractivity (Wildman–Crippen MR) is 91.0 cm³/mol. The van der Waals surface area contributed by atoms with Crippen LogP contribution in [0.4, 0.5) is 5.69 Å². The van der Waals surface area contributed by atoms with Crippen LogP contribution in [0.2, 0.25) is 0 Å². The Balaban J connectivity index is 1.93. The molecule has 1 aromatic rings. The smallest absolute Gasteiger partial charge is 0.0400 e. The lowest BCUT2D eigenvalue weighted by Gasteiger charge is -2.37. The van der Waals surface area contributed by atoms with E-state index in [-0.39, 0.29) is 6.04 Å². The number of para-hydroxylation sites is 1. The van der Waals surface area contributed by atoms with Crippen LogP contribution in [0, 0.1) is 0 Å². The molecule has 1 heterocycles. The van der Waals surface area contributed by atoms with E-state index in [2.05, 4.69) is 60.0 Å². The Morgan fingerprint density at radius 2 is 1.81 bits per heavy atom. The third kappa shape index (κ3) is 4.99. The summed E-state index contributed by atoms with van der Waals surface area (Å²) in [5.41, 5.74) is 8.74. The summed E-state index contributed by atoms with van der Waals surface area (Å²) in [4.78, 5) is 7.33. The van der Waals surface area contributed by atoms with Gasteiger partial charge in [-0.25, -0.2) is 0 Å². The van der Waals surface area contributed by atoms with Crippen molar-refractivity contribution in [1.82, 2.24) is 9.80 Å². The summed E-state index contributed by atoms with van der Waals surface area (Å²) in [5, 5.41) is 0. The molecule has 4 heteroatoms. The number of nitrogens with two attached hydrogens (primary N) is 1. The van der Waals surface area contributed by atoms with Gasteiger partial charge in [0.15, 0.2) is 0 Å². The van der Waals surface area contributed by atoms with E-state index in [9.17, 15) is 0 Å². The Morgan fingerprint density at radius 1 is 1.14 bits per heavy atom. The highest BCUT2D eigenvalue weighted by atomic mass is 15.3. The lowest BCUT2D eigenvalue weighted by atomic mass is 10.0. The van der Waals surface area contributed by atoms with Crippen molar-refractivity contribution < 1.29 is 0 Å². The zero-order chi connectivity index (χ0) is 15.2. The average Bonchev–Trinajstić information content (AvgIpc) is 2.46. The van der Waals surface area contributed by atoms with E-state index < -0.39 is 0 Å². The summed E-state index contributed by atoms with van der Waals surface area (Å²) in [5.74, 6) is 0. The maximum absolute atomic E-state index is 5.98. The molecule has 1 aliphatic rings. The molecular weight excluding hydrogens is 260 g/mol. The second-order valence-electron chi connectivity index (χ2n) is 6.44. The maximum Gasteiger partial charge on any atom is 0.0400 e. The van der Waals surface area contributed by atoms with E-state index in [0.717, 1.165) is 39.1 Å². The van der Waals surface area contributed by atoms with E-state index in [1.54, 1.807) is 0 Å². The van der Waals surface area contributed by atoms with Crippen LogP contribution in [0.25, 0.3) is 0 Å². The molecule has 1 unspecified atom stereocenters. The molecule has 2 rings (SSSR count). The lowest BCUT2D eigenvalue weighted by Crippen LogP contribution is -2.48. The number of piperazine rings is 1. The van der Waals surface area contributed by atoms with Gasteiger partial charge in [0.2, 0.25) is 0 Å². The number of likely N-dealkylation sites (N-methyl/N-ethyl adjacent to an activating group) is 1. The molecule has 21 heavy (non-hydrogen) atoms. The maximum atomic E-state index is 5.98. The Hall–Kier alpha value is -1.10. The van der Waals surface area contributed by atoms with Crippen molar-refractivity contribution in [1.29, 1.82) is 0 Å². The third-order valence-electron chi connectivity index (χ3n) is 4.11. The predicted octanol–water partition coefficient (Wildman–Crippen LogP) is 1.26. The minimum atomic E-state index is 0.215. The standard InChI is InChI=1S/C17H30N4/c1-15(18)14-16-6-4-5-7-17(16)21-12-10-20(11-13-21)9-8-19(2)3/h4-7,15H,8-14,18H2,1-3H3. The molecule has 0 aliphatic carbocycles. The number of rotatable bonds is 6. The van der Waals surface area contributed by atoms with Gasteiger partial charge in [-0.1, -0.05) is 18.2 Å². The Morgan fingerprint density at radius 3 is 2.43 bits per heavy atom. The van der Waals surface area contributed by atoms with Crippen LogP contribution in [0.1, 0.15) is 12.5 Å². The van der Waals surface area contributed by atoms with Crippen LogP contribution in [0.15, 0.2) is 24.3 Å². The normalized spacial score (nSPS) is 18.2. The summed E-state index contributed by atoms with van der Waals surface area (Å²) in [6.45, 7) is 8.92. The zero-order valence-corrected chi connectivity index (χ0v) is 13.8. The number of benzene rings is 1. The second kappa shape index (κ2) is 7.78. The van der Waals surface area contributed by atoms with Gasteiger partial charge >= 0.3 is 0 Å². The molecule has 0 aromatic heterocycles. The van der Waals surface area contributed by atoms with Gasteiger partial charge in [0, 0.05) is 51.0 Å². The van der Waals surface area contributed by atoms with Gasteiger partial charge in [-0.2, -0.15) is 0 Å². The molecular formula is C17H30N4. The van der Waals surface area contributed by atoms with Crippen LogP contribution in [0.3, 0.4) is 0 Å². The second-order valence-corrected chi connectivity index (χ2v) is 6.44. The first-order valence-electron chi connectivity index (χ1n) is 8.02. The highest BCUT2D eigenvalue weighted by molar-refractivity contribution is 5.54. The van der Waals surface area contributed by atoms with Crippen LogP contribution in [-0.2, 0) is 6.42 Å². The van der Waals surface area contributed by atoms with Crippen LogP contribution in [-0.4, -0.2) is 69.2 Å². The molecule has 1 saturated heterocycles. The van der Waals surface area contributed by atoms with Crippen LogP contribution < -0.4 is 10.6 Å². The first kappa shape index (κ1) is 16.3. The van der Waals surface area contributed by atoms with Crippen molar-refractivity contribution in [2.24, 2.45) is 5.73 Å². The van der Waals surface area contributed by atoms with Gasteiger partial charge in [-0.15, -0.1) is 0 Å². The fraction of sp³-hybridized carbons (Fsp3) is 0.647. The molecule has 1 aromatic carbocycles. The largest absolute Gasteiger partial charge is 0.369 e. The van der Waals surface area contributed by atoms with Crippen molar-refractivity contribution in [3.8, 4) is 0 Å². The summed E-state index contributed by atoms with van der Waals surface area (Å²) in [6, 6.07) is 8.93. The van der Waals surface area contributed by atoms with E-state index >= 15 is 0 Å². The first-order valence-corrected chi connectivity index (χ1v) is 8.02. The average molecular weight is 290 g/mol. The minimum absolute atomic E-state index is 0.215. The van der Waals surface area contributed by atoms with Gasteiger partial charge in [0.25, 0.3) is 0 Å². The molecule has 1 atom stereocenters. The van der Waals surface area contributed by atoms with Gasteiger partial charge in [0.05, 0.1) is 0 Å². The number of nitrogens with zero attached hydrogens (tertiary/aromatic N) is 3. The molecule has 2 N–H and O–H groups in total. The van der Waals surface area contributed by atoms with E-state index in [1.165, 1.54) is 17.8 Å². The monoisotopic (exact) mass is 290 g/mol. The molecule has 1 fully saturated rings.